The number of benzene rings is 2. The van der Waals surface area contributed by atoms with Gasteiger partial charge in [-0.05, 0) is 68.0 Å². The van der Waals surface area contributed by atoms with E-state index in [2.05, 4.69) is 18.3 Å². The highest BCUT2D eigenvalue weighted by atomic mass is 32.2. The van der Waals surface area contributed by atoms with Crippen LogP contribution in [0.4, 0.5) is 5.69 Å². The molecule has 2 aromatic rings. The van der Waals surface area contributed by atoms with Gasteiger partial charge in [0.05, 0.1) is 18.0 Å². The number of anilines is 1. The molecule has 0 radical (unpaired) electrons. The lowest BCUT2D eigenvalue weighted by molar-refractivity contribution is -0.123. The van der Waals surface area contributed by atoms with Crippen molar-refractivity contribution in [1.82, 2.24) is 5.32 Å². The van der Waals surface area contributed by atoms with Crippen molar-refractivity contribution < 1.29 is 13.2 Å². The molecule has 0 saturated heterocycles. The number of rotatable bonds is 8. The molecule has 29 heavy (non-hydrogen) atoms. The molecule has 158 valence electrons. The molecule has 2 atom stereocenters. The Morgan fingerprint density at radius 2 is 1.69 bits per heavy atom. The Bertz CT molecular complexity index is 970. The predicted octanol–water partition coefficient (Wildman–Crippen LogP) is 4.42. The van der Waals surface area contributed by atoms with E-state index in [1.807, 2.05) is 45.9 Å². The van der Waals surface area contributed by atoms with Crippen molar-refractivity contribution in [3.8, 4) is 0 Å². The zero-order valence-electron chi connectivity index (χ0n) is 18.2. The zero-order valence-corrected chi connectivity index (χ0v) is 19.0. The highest BCUT2D eigenvalue weighted by molar-refractivity contribution is 7.92. The van der Waals surface area contributed by atoms with E-state index in [1.165, 1.54) is 15.4 Å². The van der Waals surface area contributed by atoms with Gasteiger partial charge in [0, 0.05) is 0 Å². The van der Waals surface area contributed by atoms with Crippen molar-refractivity contribution in [2.75, 3.05) is 10.6 Å². The molecule has 0 fully saturated rings. The van der Waals surface area contributed by atoms with Crippen LogP contribution >= 0.6 is 0 Å². The Morgan fingerprint density at radius 3 is 2.21 bits per heavy atom. The van der Waals surface area contributed by atoms with E-state index in [9.17, 15) is 13.2 Å². The molecular formula is C23H32N2O3S. The second kappa shape index (κ2) is 9.44. The van der Waals surface area contributed by atoms with E-state index >= 15 is 0 Å². The highest BCUT2D eigenvalue weighted by Gasteiger charge is 2.32. The number of hydrogen-bond acceptors (Lipinski definition) is 3. The number of carbonyl (C=O) groups is 1. The third-order valence-corrected chi connectivity index (χ3v) is 6.42. The molecule has 0 aliphatic carbocycles. The highest BCUT2D eigenvalue weighted by Crippen LogP contribution is 2.25. The molecule has 0 spiro atoms. The fourth-order valence-electron chi connectivity index (χ4n) is 3.50. The number of carbonyl (C=O) groups excluding carboxylic acids is 1. The van der Waals surface area contributed by atoms with Crippen LogP contribution in [0.15, 0.2) is 42.5 Å². The van der Waals surface area contributed by atoms with E-state index in [0.717, 1.165) is 17.4 Å². The van der Waals surface area contributed by atoms with Gasteiger partial charge in [0.25, 0.3) is 0 Å². The van der Waals surface area contributed by atoms with E-state index < -0.39 is 16.1 Å². The monoisotopic (exact) mass is 416 g/mol. The topological polar surface area (TPSA) is 66.5 Å². The van der Waals surface area contributed by atoms with Crippen LogP contribution in [0.25, 0.3) is 0 Å². The van der Waals surface area contributed by atoms with Gasteiger partial charge in [-0.1, -0.05) is 44.2 Å². The van der Waals surface area contributed by atoms with E-state index in [-0.39, 0.29) is 11.9 Å². The summed E-state index contributed by atoms with van der Waals surface area (Å²) in [6.45, 7) is 9.84. The normalized spacial score (nSPS) is 13.6. The molecule has 2 rings (SSSR count). The quantitative estimate of drug-likeness (QED) is 0.692. The van der Waals surface area contributed by atoms with Crippen LogP contribution in [0.2, 0.25) is 0 Å². The molecule has 0 aromatic heterocycles. The molecule has 5 nitrogen and oxygen atoms in total. The van der Waals surface area contributed by atoms with Crippen LogP contribution in [-0.2, 0) is 14.8 Å². The Hall–Kier alpha value is -2.34. The van der Waals surface area contributed by atoms with Gasteiger partial charge in [0.15, 0.2) is 0 Å². The number of sulfonamides is 1. The fraction of sp³-hybridized carbons (Fsp3) is 0.435. The second-order valence-corrected chi connectivity index (χ2v) is 9.49. The van der Waals surface area contributed by atoms with Crippen LogP contribution < -0.4 is 9.62 Å². The summed E-state index contributed by atoms with van der Waals surface area (Å²) in [6.07, 6.45) is 2.23. The van der Waals surface area contributed by atoms with E-state index in [0.29, 0.717) is 18.5 Å². The summed E-state index contributed by atoms with van der Waals surface area (Å²) >= 11 is 0. The Morgan fingerprint density at radius 1 is 1.00 bits per heavy atom. The van der Waals surface area contributed by atoms with Crippen LogP contribution in [0.5, 0.6) is 0 Å². The van der Waals surface area contributed by atoms with Gasteiger partial charge < -0.3 is 5.32 Å². The van der Waals surface area contributed by atoms with Crippen LogP contribution in [0.1, 0.15) is 55.0 Å². The Labute approximate surface area is 175 Å². The van der Waals surface area contributed by atoms with Crippen molar-refractivity contribution >= 4 is 21.6 Å². The molecular weight excluding hydrogens is 384 g/mol. The zero-order chi connectivity index (χ0) is 21.8. The largest absolute Gasteiger partial charge is 0.347 e. The van der Waals surface area contributed by atoms with Gasteiger partial charge in [-0.2, -0.15) is 0 Å². The third-order valence-electron chi connectivity index (χ3n) is 5.24. The van der Waals surface area contributed by atoms with Gasteiger partial charge in [-0.3, -0.25) is 9.10 Å². The smallest absolute Gasteiger partial charge is 0.244 e. The van der Waals surface area contributed by atoms with Crippen molar-refractivity contribution in [3.05, 3.63) is 64.7 Å². The molecule has 0 unspecified atom stereocenters. The molecule has 6 heteroatoms. The molecule has 1 N–H and O–H groups in total. The Kier molecular flexibility index (Phi) is 7.47. The minimum absolute atomic E-state index is 0.172. The number of amides is 1. The summed E-state index contributed by atoms with van der Waals surface area (Å²) in [4.78, 5) is 13.2. The average Bonchev–Trinajstić information content (AvgIpc) is 2.65. The first-order chi connectivity index (χ1) is 13.6. The molecule has 0 heterocycles. The van der Waals surface area contributed by atoms with Crippen molar-refractivity contribution in [2.45, 2.75) is 59.5 Å². The number of aryl methyl sites for hydroxylation is 3. The first kappa shape index (κ1) is 22.9. The van der Waals surface area contributed by atoms with Gasteiger partial charge in [0.2, 0.25) is 15.9 Å². The third kappa shape index (κ3) is 5.60. The summed E-state index contributed by atoms with van der Waals surface area (Å²) in [5, 5.41) is 3.07. The molecule has 0 aliphatic rings. The maximum atomic E-state index is 13.2. The van der Waals surface area contributed by atoms with Crippen LogP contribution in [0, 0.1) is 20.8 Å². The lowest BCUT2D eigenvalue weighted by Crippen LogP contribution is -2.50. The van der Waals surface area contributed by atoms with E-state index in [1.54, 1.807) is 18.2 Å². The lowest BCUT2D eigenvalue weighted by Gasteiger charge is -2.31. The minimum Gasteiger partial charge on any atom is -0.347 e. The van der Waals surface area contributed by atoms with Crippen molar-refractivity contribution in [3.63, 3.8) is 0 Å². The standard InChI is InChI=1S/C23H32N2O3S/c1-7-21(19-13-12-17(4)18(5)15-19)24-23(26)22(8-2)25(29(6,27)28)20-11-9-10-16(3)14-20/h9-15,21-22H,7-8H2,1-6H3,(H,24,26)/t21-,22-/m0/s1. The summed E-state index contributed by atoms with van der Waals surface area (Å²) in [7, 11) is -3.64. The maximum Gasteiger partial charge on any atom is 0.244 e. The van der Waals surface area contributed by atoms with E-state index in [4.69, 9.17) is 0 Å². The first-order valence-electron chi connectivity index (χ1n) is 10.0. The predicted molar refractivity (Wildman–Crippen MR) is 120 cm³/mol. The van der Waals surface area contributed by atoms with Crippen molar-refractivity contribution in [2.24, 2.45) is 0 Å². The molecule has 1 amide bonds. The van der Waals surface area contributed by atoms with Crippen molar-refractivity contribution in [1.29, 1.82) is 0 Å². The Balaban J connectivity index is 2.36. The minimum atomic E-state index is -3.64. The van der Waals surface area contributed by atoms with Gasteiger partial charge >= 0.3 is 0 Å². The summed E-state index contributed by atoms with van der Waals surface area (Å²) in [5.41, 5.74) is 4.84. The second-order valence-electron chi connectivity index (χ2n) is 7.63. The fourth-order valence-corrected chi connectivity index (χ4v) is 4.70. The van der Waals surface area contributed by atoms with Gasteiger partial charge in [0.1, 0.15) is 6.04 Å². The summed E-state index contributed by atoms with van der Waals surface area (Å²) in [6, 6.07) is 12.4. The van der Waals surface area contributed by atoms with Crippen LogP contribution in [-0.4, -0.2) is 26.6 Å². The average molecular weight is 417 g/mol. The lowest BCUT2D eigenvalue weighted by atomic mass is 9.99. The molecule has 2 aromatic carbocycles. The number of nitrogens with one attached hydrogen (secondary N) is 1. The number of nitrogens with zero attached hydrogens (tertiary/aromatic N) is 1. The molecule has 0 bridgehead atoms. The van der Waals surface area contributed by atoms with Gasteiger partial charge in [-0.25, -0.2) is 8.42 Å². The van der Waals surface area contributed by atoms with Gasteiger partial charge in [-0.15, -0.1) is 0 Å². The van der Waals surface area contributed by atoms with Crippen LogP contribution in [0.3, 0.4) is 0 Å². The molecule has 0 saturated carbocycles. The maximum absolute atomic E-state index is 13.2. The first-order valence-corrected chi connectivity index (χ1v) is 11.9. The molecule has 0 aliphatic heterocycles. The SMILES string of the molecule is CC[C@H](NC(=O)[C@H](CC)N(c1cccc(C)c1)S(C)(=O)=O)c1ccc(C)c(C)c1. The summed E-state index contributed by atoms with van der Waals surface area (Å²) in [5.74, 6) is -0.287. The number of hydrogen-bond donors (Lipinski definition) is 1. The summed E-state index contributed by atoms with van der Waals surface area (Å²) < 4.78 is 26.4.